The van der Waals surface area contributed by atoms with Gasteiger partial charge in [0.1, 0.15) is 0 Å². The summed E-state index contributed by atoms with van der Waals surface area (Å²) in [4.78, 5) is 4.15. The predicted octanol–water partition coefficient (Wildman–Crippen LogP) is 0.885. The highest BCUT2D eigenvalue weighted by molar-refractivity contribution is 5.58. The Balaban J connectivity index is 2.32. The molecule has 2 aromatic rings. The maximum atomic E-state index is 5.56. The molecule has 2 heterocycles. The molecule has 80 valence electrons. The van der Waals surface area contributed by atoms with Crippen molar-refractivity contribution in [2.75, 3.05) is 6.54 Å². The molecule has 0 unspecified atom stereocenters. The summed E-state index contributed by atoms with van der Waals surface area (Å²) in [5.74, 6) is 1.43. The molecule has 0 fully saturated rings. The second-order valence-electron chi connectivity index (χ2n) is 3.46. The van der Waals surface area contributed by atoms with E-state index in [9.17, 15) is 0 Å². The van der Waals surface area contributed by atoms with E-state index < -0.39 is 0 Å². The molecule has 0 saturated carbocycles. The lowest BCUT2D eigenvalue weighted by Gasteiger charge is -1.91. The molecule has 0 radical (unpaired) electrons. The maximum Gasteiger partial charge on any atom is 0.196 e. The molecule has 0 aromatic carbocycles. The Morgan fingerprint density at radius 3 is 2.93 bits per heavy atom. The summed E-state index contributed by atoms with van der Waals surface area (Å²) in [5.41, 5.74) is 7.34. The Kier molecular flexibility index (Phi) is 2.55. The molecular weight excluding hydrogens is 192 g/mol. The lowest BCUT2D eigenvalue weighted by molar-refractivity contribution is 0.507. The van der Waals surface area contributed by atoms with Crippen LogP contribution in [-0.4, -0.2) is 21.3 Å². The minimum absolute atomic E-state index is 0.548. The van der Waals surface area contributed by atoms with Gasteiger partial charge in [-0.25, -0.2) is 4.98 Å². The van der Waals surface area contributed by atoms with Gasteiger partial charge >= 0.3 is 0 Å². The zero-order chi connectivity index (χ0) is 10.8. The summed E-state index contributed by atoms with van der Waals surface area (Å²) in [6.07, 6.45) is 4.30. The number of nitrogens with two attached hydrogens (primary N) is 1. The van der Waals surface area contributed by atoms with Crippen molar-refractivity contribution in [1.29, 1.82) is 0 Å². The van der Waals surface area contributed by atoms with Crippen LogP contribution in [0.25, 0.3) is 11.3 Å². The van der Waals surface area contributed by atoms with Crippen LogP contribution in [0.5, 0.6) is 0 Å². The first-order valence-corrected chi connectivity index (χ1v) is 4.86. The van der Waals surface area contributed by atoms with Gasteiger partial charge < -0.3 is 10.2 Å². The van der Waals surface area contributed by atoms with E-state index in [1.807, 2.05) is 20.2 Å². The molecule has 2 rings (SSSR count). The van der Waals surface area contributed by atoms with Gasteiger partial charge in [0.2, 0.25) is 0 Å². The van der Waals surface area contributed by atoms with E-state index in [2.05, 4.69) is 10.1 Å². The second-order valence-corrected chi connectivity index (χ2v) is 3.46. The van der Waals surface area contributed by atoms with Crippen LogP contribution >= 0.6 is 0 Å². The van der Waals surface area contributed by atoms with Gasteiger partial charge in [-0.15, -0.1) is 0 Å². The molecule has 15 heavy (non-hydrogen) atoms. The third kappa shape index (κ3) is 1.92. The van der Waals surface area contributed by atoms with E-state index in [4.69, 9.17) is 10.2 Å². The Morgan fingerprint density at radius 2 is 2.33 bits per heavy atom. The third-order valence-corrected chi connectivity index (χ3v) is 2.19. The van der Waals surface area contributed by atoms with Crippen molar-refractivity contribution in [3.8, 4) is 11.3 Å². The zero-order valence-corrected chi connectivity index (χ0v) is 8.90. The molecule has 2 aromatic heterocycles. The SMILES string of the molecule is Cc1nn(C)cc1-c1cnc(CCN)o1. The lowest BCUT2D eigenvalue weighted by atomic mass is 10.2. The van der Waals surface area contributed by atoms with Crippen LogP contribution in [0.2, 0.25) is 0 Å². The van der Waals surface area contributed by atoms with Gasteiger partial charge in [0, 0.05) is 26.2 Å². The summed E-state index contributed by atoms with van der Waals surface area (Å²) < 4.78 is 7.32. The summed E-state index contributed by atoms with van der Waals surface area (Å²) in [7, 11) is 1.88. The monoisotopic (exact) mass is 206 g/mol. The number of nitrogens with zero attached hydrogens (tertiary/aromatic N) is 3. The fourth-order valence-corrected chi connectivity index (χ4v) is 1.52. The van der Waals surface area contributed by atoms with E-state index >= 15 is 0 Å². The minimum atomic E-state index is 0.548. The zero-order valence-electron chi connectivity index (χ0n) is 8.90. The fraction of sp³-hybridized carbons (Fsp3) is 0.400. The smallest absolute Gasteiger partial charge is 0.196 e. The molecule has 0 amide bonds. The van der Waals surface area contributed by atoms with E-state index in [1.165, 1.54) is 0 Å². The molecule has 0 spiro atoms. The van der Waals surface area contributed by atoms with Gasteiger partial charge in [0.05, 0.1) is 17.5 Å². The van der Waals surface area contributed by atoms with Gasteiger partial charge in [-0.2, -0.15) is 5.10 Å². The van der Waals surface area contributed by atoms with Crippen molar-refractivity contribution in [1.82, 2.24) is 14.8 Å². The number of hydrogen-bond acceptors (Lipinski definition) is 4. The number of oxazole rings is 1. The summed E-state index contributed by atoms with van der Waals surface area (Å²) in [6, 6.07) is 0. The Morgan fingerprint density at radius 1 is 1.53 bits per heavy atom. The molecule has 0 aliphatic rings. The second kappa shape index (κ2) is 3.86. The molecule has 0 saturated heterocycles. The topological polar surface area (TPSA) is 69.9 Å². The highest BCUT2D eigenvalue weighted by atomic mass is 16.4. The van der Waals surface area contributed by atoms with Gasteiger partial charge in [0.25, 0.3) is 0 Å². The van der Waals surface area contributed by atoms with Crippen LogP contribution in [-0.2, 0) is 13.5 Å². The van der Waals surface area contributed by atoms with Crippen molar-refractivity contribution in [3.05, 3.63) is 24.0 Å². The van der Waals surface area contributed by atoms with Gasteiger partial charge in [-0.1, -0.05) is 0 Å². The summed E-state index contributed by atoms with van der Waals surface area (Å²) in [6.45, 7) is 2.49. The molecule has 0 aliphatic carbocycles. The third-order valence-electron chi connectivity index (χ3n) is 2.19. The van der Waals surface area contributed by atoms with Crippen LogP contribution in [0.1, 0.15) is 11.6 Å². The first kappa shape index (κ1) is 9.92. The summed E-state index contributed by atoms with van der Waals surface area (Å²) >= 11 is 0. The Labute approximate surface area is 87.9 Å². The predicted molar refractivity (Wildman–Crippen MR) is 56.2 cm³/mol. The molecule has 0 atom stereocenters. The molecule has 2 N–H and O–H groups in total. The van der Waals surface area contributed by atoms with E-state index in [0.717, 1.165) is 17.0 Å². The fourth-order valence-electron chi connectivity index (χ4n) is 1.52. The number of aryl methyl sites for hydroxylation is 2. The molecule has 0 bridgehead atoms. The van der Waals surface area contributed by atoms with E-state index in [0.29, 0.717) is 18.9 Å². The Bertz CT molecular complexity index is 458. The molecule has 0 aliphatic heterocycles. The van der Waals surface area contributed by atoms with Crippen molar-refractivity contribution in [2.45, 2.75) is 13.3 Å². The van der Waals surface area contributed by atoms with Crippen LogP contribution < -0.4 is 5.73 Å². The standard InChI is InChI=1S/C10H14N4O/c1-7-8(6-14(2)13-7)9-5-12-10(15-9)3-4-11/h5-6H,3-4,11H2,1-2H3. The Hall–Kier alpha value is -1.62. The van der Waals surface area contributed by atoms with Gasteiger partial charge in [-0.05, 0) is 6.92 Å². The molecule has 5 nitrogen and oxygen atoms in total. The number of aromatic nitrogens is 3. The average Bonchev–Trinajstić information content (AvgIpc) is 2.73. The highest BCUT2D eigenvalue weighted by Crippen LogP contribution is 2.22. The lowest BCUT2D eigenvalue weighted by Crippen LogP contribution is -2.02. The van der Waals surface area contributed by atoms with Crippen molar-refractivity contribution >= 4 is 0 Å². The maximum absolute atomic E-state index is 5.56. The first-order chi connectivity index (χ1) is 7.20. The normalized spacial score (nSPS) is 10.9. The molecule has 5 heteroatoms. The van der Waals surface area contributed by atoms with Gasteiger partial charge in [0.15, 0.2) is 11.7 Å². The van der Waals surface area contributed by atoms with Crippen LogP contribution in [0.4, 0.5) is 0 Å². The number of hydrogen-bond donors (Lipinski definition) is 1. The molecular formula is C10H14N4O. The van der Waals surface area contributed by atoms with Crippen molar-refractivity contribution in [3.63, 3.8) is 0 Å². The van der Waals surface area contributed by atoms with E-state index in [-0.39, 0.29) is 0 Å². The highest BCUT2D eigenvalue weighted by Gasteiger charge is 2.11. The minimum Gasteiger partial charge on any atom is -0.441 e. The average molecular weight is 206 g/mol. The quantitative estimate of drug-likeness (QED) is 0.809. The van der Waals surface area contributed by atoms with Crippen LogP contribution in [0.15, 0.2) is 16.8 Å². The van der Waals surface area contributed by atoms with Gasteiger partial charge in [-0.3, -0.25) is 4.68 Å². The number of rotatable bonds is 3. The van der Waals surface area contributed by atoms with E-state index in [1.54, 1.807) is 10.9 Å². The summed E-state index contributed by atoms with van der Waals surface area (Å²) in [5, 5.41) is 4.25. The largest absolute Gasteiger partial charge is 0.441 e. The van der Waals surface area contributed by atoms with Crippen LogP contribution in [0.3, 0.4) is 0 Å². The van der Waals surface area contributed by atoms with Crippen molar-refractivity contribution < 1.29 is 4.42 Å². The van der Waals surface area contributed by atoms with Crippen molar-refractivity contribution in [2.24, 2.45) is 12.8 Å². The first-order valence-electron chi connectivity index (χ1n) is 4.86. The van der Waals surface area contributed by atoms with Crippen LogP contribution in [0, 0.1) is 6.92 Å².